The molecule has 0 fully saturated rings. The van der Waals surface area contributed by atoms with E-state index in [4.69, 9.17) is 107 Å². The lowest BCUT2D eigenvalue weighted by molar-refractivity contribution is -0.138. The first-order valence-electron chi connectivity index (χ1n) is 36.8. The Morgan fingerprint density at radius 1 is 0.188 bits per heavy atom. The van der Waals surface area contributed by atoms with E-state index in [0.29, 0.717) is 19.3 Å². The molecule has 0 saturated heterocycles. The van der Waals surface area contributed by atoms with E-state index in [2.05, 4.69) is 41.5 Å². The van der Waals surface area contributed by atoms with Gasteiger partial charge >= 0.3 is 17.9 Å². The quantitative estimate of drug-likeness (QED) is 0.0253. The number of carboxylic acids is 3. The van der Waals surface area contributed by atoms with E-state index in [1.54, 1.807) is 0 Å². The summed E-state index contributed by atoms with van der Waals surface area (Å²) in [7, 11) is 0. The molecule has 0 unspecified atom stereocenters. The molecule has 24 nitrogen and oxygen atoms in total. The van der Waals surface area contributed by atoms with Gasteiger partial charge in [0.05, 0.1) is 79.3 Å². The minimum atomic E-state index is -0.954. The molecule has 0 aliphatic rings. The Bertz CT molecular complexity index is 1160. The molecule has 0 atom stereocenters. The molecule has 21 N–H and O–H groups in total. The van der Waals surface area contributed by atoms with Crippen LogP contribution in [0.15, 0.2) is 0 Å². The van der Waals surface area contributed by atoms with Crippen LogP contribution in [-0.2, 0) is 14.4 Å². The molecule has 0 spiro atoms. The van der Waals surface area contributed by atoms with Gasteiger partial charge in [0.15, 0.2) is 0 Å². The minimum Gasteiger partial charge on any atom is -0.481 e. The normalized spacial score (nSPS) is 10.7. The first-order valence-corrected chi connectivity index (χ1v) is 36.8. The number of aliphatic carboxylic acids is 3. The first kappa shape index (κ1) is 112. The molecular weight excluding hydrogens is 1250 g/mol. The van der Waals surface area contributed by atoms with Crippen LogP contribution in [0, 0.1) is 17.8 Å². The zero-order valence-electron chi connectivity index (χ0n) is 61.5. The van der Waals surface area contributed by atoms with Gasteiger partial charge in [0.1, 0.15) is 36.6 Å². The molecule has 0 radical (unpaired) electrons. The van der Waals surface area contributed by atoms with Crippen molar-refractivity contribution in [3.63, 3.8) is 0 Å². The molecule has 0 saturated carbocycles. The molecule has 0 aromatic heterocycles. The van der Waals surface area contributed by atoms with E-state index in [9.17, 15) is 14.4 Å². The average molecular weight is 1410 g/mol. The molecule has 96 heavy (non-hydrogen) atoms. The van der Waals surface area contributed by atoms with Crippen molar-refractivity contribution >= 4 is 17.9 Å². The van der Waals surface area contributed by atoms with Crippen LogP contribution in [0.3, 0.4) is 0 Å². The number of rotatable bonds is 57. The number of aliphatic hydroxyl groups excluding tert-OH is 18. The molecule has 0 aromatic rings. The monoisotopic (exact) mass is 1410 g/mol. The SMILES string of the molecule is CC(C)CCCCCCCCCCCCCCC(=O)O.CC(C)CCCCCCCCCCCCCCC(=O)O.CC(C)CCCCCCCCCCCCCCC(=O)O.OCC(O)CO.OCC(O)CO.OCC(O)CO.OCC(O)CO.OCC(O)CO.OCC(O)CO. The summed E-state index contributed by atoms with van der Waals surface area (Å²) in [5, 5.41) is 170. The van der Waals surface area contributed by atoms with Gasteiger partial charge in [-0.15, -0.1) is 0 Å². The second-order valence-corrected chi connectivity index (χ2v) is 25.8. The summed E-state index contributed by atoms with van der Waals surface area (Å²) < 4.78 is 0. The number of carboxylic acid groups (broad SMARTS) is 3. The van der Waals surface area contributed by atoms with Crippen LogP contribution in [-0.4, -0.2) is 241 Å². The summed E-state index contributed by atoms with van der Waals surface area (Å²) in [5.74, 6) is 0.636. The van der Waals surface area contributed by atoms with Gasteiger partial charge in [-0.2, -0.15) is 0 Å². The lowest BCUT2D eigenvalue weighted by atomic mass is 10.0. The van der Waals surface area contributed by atoms with Crippen molar-refractivity contribution < 1.29 is 122 Å². The average Bonchev–Trinajstić information content (AvgIpc) is 3.66. The maximum Gasteiger partial charge on any atom is 0.303 e. The van der Waals surface area contributed by atoms with Gasteiger partial charge in [0, 0.05) is 19.3 Å². The fraction of sp³-hybridized carbons (Fsp3) is 0.958. The standard InChI is InChI=1S/3C18H36O2.6C3H8O3/c3*1-17(2)15-13-11-9-7-5-3-4-6-8-10-12-14-16-18(19)20;6*4-1-3(6)2-5/h3*17H,3-16H2,1-2H3,(H,19,20);6*3-6H,1-2H2. The highest BCUT2D eigenvalue weighted by molar-refractivity contribution is 5.67. The molecule has 0 rings (SSSR count). The first-order chi connectivity index (χ1) is 45.7. The van der Waals surface area contributed by atoms with Crippen LogP contribution >= 0.6 is 0 Å². The molecular formula is C72H156O24. The fourth-order valence-corrected chi connectivity index (χ4v) is 8.14. The van der Waals surface area contributed by atoms with Gasteiger partial charge in [-0.3, -0.25) is 14.4 Å². The molecule has 0 amide bonds. The molecule has 24 heteroatoms. The minimum absolute atomic E-state index is 0.344. The summed E-state index contributed by atoms with van der Waals surface area (Å²) in [4.78, 5) is 31.0. The van der Waals surface area contributed by atoms with Gasteiger partial charge < -0.3 is 107 Å². The Morgan fingerprint density at radius 3 is 0.354 bits per heavy atom. The van der Waals surface area contributed by atoms with Gasteiger partial charge in [-0.05, 0) is 37.0 Å². The zero-order chi connectivity index (χ0) is 75.1. The van der Waals surface area contributed by atoms with E-state index in [1.807, 2.05) is 0 Å². The van der Waals surface area contributed by atoms with Crippen molar-refractivity contribution in [3.8, 4) is 0 Å². The predicted molar refractivity (Wildman–Crippen MR) is 382 cm³/mol. The van der Waals surface area contributed by atoms with Gasteiger partial charge in [-0.25, -0.2) is 0 Å². The van der Waals surface area contributed by atoms with Crippen LogP contribution < -0.4 is 0 Å². The second-order valence-electron chi connectivity index (χ2n) is 25.8. The third-order valence-corrected chi connectivity index (χ3v) is 14.3. The molecule has 0 heterocycles. The highest BCUT2D eigenvalue weighted by Gasteiger charge is 2.03. The summed E-state index contributed by atoms with van der Waals surface area (Å²) in [6.07, 6.45) is 46.2. The van der Waals surface area contributed by atoms with Crippen LogP contribution in [0.1, 0.15) is 311 Å². The maximum absolute atomic E-state index is 10.3. The smallest absolute Gasteiger partial charge is 0.303 e. The second kappa shape index (κ2) is 101. The Kier molecular flexibility index (Phi) is 118. The highest BCUT2D eigenvalue weighted by atomic mass is 16.4. The van der Waals surface area contributed by atoms with Crippen molar-refractivity contribution in [2.24, 2.45) is 17.8 Å². The Morgan fingerprint density at radius 2 is 0.281 bits per heavy atom. The Hall–Kier alpha value is -2.31. The zero-order valence-corrected chi connectivity index (χ0v) is 61.5. The Labute approximate surface area is 582 Å². The van der Waals surface area contributed by atoms with Crippen molar-refractivity contribution in [3.05, 3.63) is 0 Å². The largest absolute Gasteiger partial charge is 0.481 e. The lowest BCUT2D eigenvalue weighted by Crippen LogP contribution is -2.15. The van der Waals surface area contributed by atoms with E-state index >= 15 is 0 Å². The van der Waals surface area contributed by atoms with Crippen molar-refractivity contribution in [2.45, 2.75) is 348 Å². The summed E-state index contributed by atoms with van der Waals surface area (Å²) in [6, 6.07) is 0. The number of aliphatic hydroxyl groups is 18. The van der Waals surface area contributed by atoms with Crippen LogP contribution in [0.5, 0.6) is 0 Å². The maximum atomic E-state index is 10.3. The van der Waals surface area contributed by atoms with Gasteiger partial charge in [0.25, 0.3) is 0 Å². The third-order valence-electron chi connectivity index (χ3n) is 14.3. The van der Waals surface area contributed by atoms with E-state index in [-0.39, 0.29) is 79.3 Å². The van der Waals surface area contributed by atoms with Crippen molar-refractivity contribution in [1.82, 2.24) is 0 Å². The molecule has 0 aliphatic heterocycles. The third kappa shape index (κ3) is 143. The number of hydrogen-bond acceptors (Lipinski definition) is 21. The number of hydrogen-bond donors (Lipinski definition) is 21. The number of carbonyl (C=O) groups is 3. The fourth-order valence-electron chi connectivity index (χ4n) is 8.14. The molecule has 0 aromatic carbocycles. The topological polar surface area (TPSA) is 476 Å². The molecule has 0 bridgehead atoms. The summed E-state index contributed by atoms with van der Waals surface area (Å²) in [6.45, 7) is 9.47. The lowest BCUT2D eigenvalue weighted by Gasteiger charge is -2.04. The number of unbranched alkanes of at least 4 members (excludes halogenated alkanes) is 33. The summed E-state index contributed by atoms with van der Waals surface area (Å²) >= 11 is 0. The van der Waals surface area contributed by atoms with E-state index in [1.165, 1.54) is 212 Å². The van der Waals surface area contributed by atoms with Crippen molar-refractivity contribution in [1.29, 1.82) is 0 Å². The highest BCUT2D eigenvalue weighted by Crippen LogP contribution is 2.18. The van der Waals surface area contributed by atoms with Crippen LogP contribution in [0.4, 0.5) is 0 Å². The van der Waals surface area contributed by atoms with E-state index in [0.717, 1.165) is 56.3 Å². The van der Waals surface area contributed by atoms with Crippen LogP contribution in [0.25, 0.3) is 0 Å². The van der Waals surface area contributed by atoms with E-state index < -0.39 is 54.5 Å². The Balaban J connectivity index is -0.000000135. The van der Waals surface area contributed by atoms with Gasteiger partial charge in [-0.1, -0.05) is 273 Å². The molecule has 0 aliphatic carbocycles. The molecule has 588 valence electrons. The summed E-state index contributed by atoms with van der Waals surface area (Å²) in [5.41, 5.74) is 0. The van der Waals surface area contributed by atoms with Crippen molar-refractivity contribution in [2.75, 3.05) is 79.3 Å². The predicted octanol–water partition coefficient (Wildman–Crippen LogP) is 8.56. The van der Waals surface area contributed by atoms with Gasteiger partial charge in [0.2, 0.25) is 0 Å². The van der Waals surface area contributed by atoms with Crippen LogP contribution in [0.2, 0.25) is 0 Å².